The standard InChI is InChI=1S/C9H19N3.ClH/c1-4-6-10-9-11-7-5-8-12(2)3;/h4-8H2,1-3H3;1H. The Morgan fingerprint density at radius 1 is 1.15 bits per heavy atom. The van der Waals surface area contributed by atoms with E-state index >= 15 is 0 Å². The van der Waals surface area contributed by atoms with Crippen molar-refractivity contribution in [2.24, 2.45) is 9.98 Å². The van der Waals surface area contributed by atoms with E-state index in [0.29, 0.717) is 0 Å². The van der Waals surface area contributed by atoms with Crippen LogP contribution in [0, 0.1) is 0 Å². The summed E-state index contributed by atoms with van der Waals surface area (Å²) in [5, 5.41) is 0. The second-order valence-corrected chi connectivity index (χ2v) is 3.02. The highest BCUT2D eigenvalue weighted by Crippen LogP contribution is 1.83. The SMILES string of the molecule is CCCN=C=NCCCN(C)C.Cl. The zero-order valence-corrected chi connectivity index (χ0v) is 9.60. The van der Waals surface area contributed by atoms with Crippen molar-refractivity contribution in [3.8, 4) is 0 Å². The van der Waals surface area contributed by atoms with Crippen LogP contribution < -0.4 is 0 Å². The molecule has 0 atom stereocenters. The molecule has 0 heterocycles. The largest absolute Gasteiger partial charge is 0.309 e. The lowest BCUT2D eigenvalue weighted by Crippen LogP contribution is -2.13. The minimum atomic E-state index is 0. The second-order valence-electron chi connectivity index (χ2n) is 3.02. The van der Waals surface area contributed by atoms with E-state index in [1.807, 2.05) is 0 Å². The van der Waals surface area contributed by atoms with Crippen molar-refractivity contribution in [1.29, 1.82) is 0 Å². The molecule has 13 heavy (non-hydrogen) atoms. The van der Waals surface area contributed by atoms with Gasteiger partial charge in [0.2, 0.25) is 0 Å². The lowest BCUT2D eigenvalue weighted by Gasteiger charge is -2.05. The molecule has 4 heteroatoms. The number of nitrogens with zero attached hydrogens (tertiary/aromatic N) is 3. The molecule has 0 saturated carbocycles. The molecule has 0 rings (SSSR count). The Balaban J connectivity index is 0. The summed E-state index contributed by atoms with van der Waals surface area (Å²) < 4.78 is 0. The number of aliphatic imine (C=N–C) groups is 2. The number of hydrogen-bond acceptors (Lipinski definition) is 3. The van der Waals surface area contributed by atoms with Crippen LogP contribution in [0.4, 0.5) is 0 Å². The molecule has 0 radical (unpaired) electrons. The zero-order valence-electron chi connectivity index (χ0n) is 8.79. The van der Waals surface area contributed by atoms with Crippen molar-refractivity contribution >= 4 is 18.4 Å². The first-order valence-corrected chi connectivity index (χ1v) is 4.50. The molecular weight excluding hydrogens is 186 g/mol. The van der Waals surface area contributed by atoms with E-state index in [2.05, 4.69) is 41.9 Å². The van der Waals surface area contributed by atoms with E-state index in [9.17, 15) is 0 Å². The topological polar surface area (TPSA) is 28.0 Å². The highest BCUT2D eigenvalue weighted by Gasteiger charge is 1.86. The summed E-state index contributed by atoms with van der Waals surface area (Å²) in [6.07, 6.45) is 2.15. The number of halogens is 1. The Morgan fingerprint density at radius 2 is 1.77 bits per heavy atom. The van der Waals surface area contributed by atoms with Crippen LogP contribution in [0.1, 0.15) is 19.8 Å². The fourth-order valence-corrected chi connectivity index (χ4v) is 0.728. The lowest BCUT2D eigenvalue weighted by atomic mass is 10.4. The van der Waals surface area contributed by atoms with Crippen LogP contribution in [0.3, 0.4) is 0 Å². The summed E-state index contributed by atoms with van der Waals surface area (Å²) in [7, 11) is 4.13. The molecule has 3 nitrogen and oxygen atoms in total. The molecule has 0 aromatic heterocycles. The van der Waals surface area contributed by atoms with Crippen LogP contribution in [0.2, 0.25) is 0 Å². The van der Waals surface area contributed by atoms with Crippen LogP contribution in [0.15, 0.2) is 9.98 Å². The zero-order chi connectivity index (χ0) is 9.23. The van der Waals surface area contributed by atoms with Crippen molar-refractivity contribution in [3.63, 3.8) is 0 Å². The molecule has 0 aliphatic rings. The Bertz CT molecular complexity index is 151. The first kappa shape index (κ1) is 15.1. The third-order valence-corrected chi connectivity index (χ3v) is 1.35. The lowest BCUT2D eigenvalue weighted by molar-refractivity contribution is 0.403. The number of rotatable bonds is 6. The van der Waals surface area contributed by atoms with Gasteiger partial charge in [-0.25, -0.2) is 9.98 Å². The summed E-state index contributed by atoms with van der Waals surface area (Å²) in [6, 6.07) is 2.69. The normalized spacial score (nSPS) is 8.92. The molecule has 0 aromatic rings. The molecule has 0 spiro atoms. The summed E-state index contributed by atoms with van der Waals surface area (Å²) in [5.41, 5.74) is 0. The van der Waals surface area contributed by atoms with Crippen molar-refractivity contribution in [1.82, 2.24) is 4.90 Å². The maximum atomic E-state index is 4.04. The predicted octanol–water partition coefficient (Wildman–Crippen LogP) is 1.94. The monoisotopic (exact) mass is 205 g/mol. The maximum Gasteiger partial charge on any atom is 0.0892 e. The highest BCUT2D eigenvalue weighted by molar-refractivity contribution is 5.85. The van der Waals surface area contributed by atoms with Gasteiger partial charge in [-0.3, -0.25) is 0 Å². The Hall–Kier alpha value is -0.370. The van der Waals surface area contributed by atoms with E-state index < -0.39 is 0 Å². The second kappa shape index (κ2) is 11.6. The van der Waals surface area contributed by atoms with Gasteiger partial charge >= 0.3 is 0 Å². The van der Waals surface area contributed by atoms with Crippen LogP contribution in [0.5, 0.6) is 0 Å². The average molecular weight is 206 g/mol. The van der Waals surface area contributed by atoms with Gasteiger partial charge in [-0.15, -0.1) is 12.4 Å². The fraction of sp³-hybridized carbons (Fsp3) is 0.889. The highest BCUT2D eigenvalue weighted by atomic mass is 35.5. The van der Waals surface area contributed by atoms with Crippen molar-refractivity contribution in [2.75, 3.05) is 33.7 Å². The van der Waals surface area contributed by atoms with Gasteiger partial charge in [0.1, 0.15) is 0 Å². The molecule has 0 saturated heterocycles. The fourth-order valence-electron chi connectivity index (χ4n) is 0.728. The smallest absolute Gasteiger partial charge is 0.0892 e. The van der Waals surface area contributed by atoms with E-state index in [1.54, 1.807) is 0 Å². The average Bonchev–Trinajstić information content (AvgIpc) is 2.02. The van der Waals surface area contributed by atoms with Gasteiger partial charge in [-0.05, 0) is 33.5 Å². The molecule has 0 fully saturated rings. The van der Waals surface area contributed by atoms with Crippen molar-refractivity contribution < 1.29 is 0 Å². The van der Waals surface area contributed by atoms with Crippen LogP contribution >= 0.6 is 12.4 Å². The summed E-state index contributed by atoms with van der Waals surface area (Å²) >= 11 is 0. The molecule has 0 aromatic carbocycles. The van der Waals surface area contributed by atoms with Gasteiger partial charge in [0.25, 0.3) is 0 Å². The van der Waals surface area contributed by atoms with Crippen molar-refractivity contribution in [2.45, 2.75) is 19.8 Å². The maximum absolute atomic E-state index is 4.04. The van der Waals surface area contributed by atoms with Gasteiger partial charge in [0.15, 0.2) is 0 Å². The van der Waals surface area contributed by atoms with Crippen LogP contribution in [-0.4, -0.2) is 44.6 Å². The minimum Gasteiger partial charge on any atom is -0.309 e. The van der Waals surface area contributed by atoms with Gasteiger partial charge in [-0.2, -0.15) is 0 Å². The van der Waals surface area contributed by atoms with E-state index in [4.69, 9.17) is 0 Å². The third kappa shape index (κ3) is 14.5. The summed E-state index contributed by atoms with van der Waals surface area (Å²) in [5.74, 6) is 0. The first-order chi connectivity index (χ1) is 5.77. The van der Waals surface area contributed by atoms with Crippen molar-refractivity contribution in [3.05, 3.63) is 0 Å². The molecule has 78 valence electrons. The Labute approximate surface area is 87.4 Å². The molecule has 0 bridgehead atoms. The third-order valence-electron chi connectivity index (χ3n) is 1.35. The molecule has 0 amide bonds. The molecule has 0 unspecified atom stereocenters. The summed E-state index contributed by atoms with van der Waals surface area (Å²) in [4.78, 5) is 10.2. The predicted molar refractivity (Wildman–Crippen MR) is 60.3 cm³/mol. The Morgan fingerprint density at radius 3 is 2.31 bits per heavy atom. The van der Waals surface area contributed by atoms with Gasteiger partial charge < -0.3 is 4.90 Å². The Kier molecular flexibility index (Phi) is 13.5. The molecule has 0 N–H and O–H groups in total. The molecule has 0 aliphatic heterocycles. The van der Waals surface area contributed by atoms with E-state index in [0.717, 1.165) is 32.5 Å². The molecule has 0 aliphatic carbocycles. The van der Waals surface area contributed by atoms with E-state index in [1.165, 1.54) is 0 Å². The van der Waals surface area contributed by atoms with Crippen LogP contribution in [0.25, 0.3) is 0 Å². The summed E-state index contributed by atoms with van der Waals surface area (Å²) in [6.45, 7) is 4.86. The molecular formula is C9H20ClN3. The van der Waals surface area contributed by atoms with Gasteiger partial charge in [0.05, 0.1) is 12.6 Å². The van der Waals surface area contributed by atoms with E-state index in [-0.39, 0.29) is 12.4 Å². The first-order valence-electron chi connectivity index (χ1n) is 4.50. The quantitative estimate of drug-likeness (QED) is 0.481. The number of hydrogen-bond donors (Lipinski definition) is 0. The van der Waals surface area contributed by atoms with Gasteiger partial charge in [-0.1, -0.05) is 6.92 Å². The van der Waals surface area contributed by atoms with Gasteiger partial charge in [0, 0.05) is 6.54 Å². The minimum absolute atomic E-state index is 0. The van der Waals surface area contributed by atoms with Crippen LogP contribution in [-0.2, 0) is 0 Å².